The summed E-state index contributed by atoms with van der Waals surface area (Å²) in [5, 5.41) is 5.05. The predicted molar refractivity (Wildman–Crippen MR) is 106 cm³/mol. The molecule has 0 aromatic rings. The molecule has 1 unspecified atom stereocenters. The monoisotopic (exact) mass is 446 g/mol. The first-order valence-corrected chi connectivity index (χ1v) is 9.72. The number of amides is 2. The minimum absolute atomic E-state index is 0.0125. The molecule has 0 bridgehead atoms. The summed E-state index contributed by atoms with van der Waals surface area (Å²) in [7, 11) is 1.24. The summed E-state index contributed by atoms with van der Waals surface area (Å²) < 4.78 is 8.30. The summed E-state index contributed by atoms with van der Waals surface area (Å²) in [6, 6.07) is -1.90. The van der Waals surface area contributed by atoms with Crippen molar-refractivity contribution in [1.29, 1.82) is 0 Å². The molecule has 7 nitrogen and oxygen atoms in total. The third-order valence-electron chi connectivity index (χ3n) is 3.23. The number of halogens is 3. The highest BCUT2D eigenvalue weighted by Gasteiger charge is 2.31. The molecule has 158 valence electrons. The van der Waals surface area contributed by atoms with Gasteiger partial charge in [0.2, 0.25) is 5.91 Å². The van der Waals surface area contributed by atoms with Crippen molar-refractivity contribution in [3.05, 3.63) is 0 Å². The summed E-state index contributed by atoms with van der Waals surface area (Å²) in [4.78, 5) is 36.6. The fourth-order valence-electron chi connectivity index (χ4n) is 2.13. The van der Waals surface area contributed by atoms with E-state index >= 15 is 0 Å². The van der Waals surface area contributed by atoms with Gasteiger partial charge in [-0.2, -0.15) is 0 Å². The molecular formula is C17H29Cl3N2O5. The lowest BCUT2D eigenvalue weighted by molar-refractivity contribution is -0.145. The Morgan fingerprint density at radius 2 is 1.56 bits per heavy atom. The topological polar surface area (TPSA) is 93.7 Å². The van der Waals surface area contributed by atoms with Crippen molar-refractivity contribution >= 4 is 52.8 Å². The number of carbonyl (C=O) groups excluding carboxylic acids is 3. The van der Waals surface area contributed by atoms with Crippen molar-refractivity contribution in [2.24, 2.45) is 5.92 Å². The second-order valence-corrected chi connectivity index (χ2v) is 10.1. The van der Waals surface area contributed by atoms with Gasteiger partial charge in [-0.1, -0.05) is 48.7 Å². The van der Waals surface area contributed by atoms with Crippen LogP contribution < -0.4 is 10.6 Å². The Hall–Kier alpha value is -0.920. The van der Waals surface area contributed by atoms with Gasteiger partial charge in [-0.25, -0.2) is 9.59 Å². The molecule has 0 heterocycles. The number of ether oxygens (including phenoxy) is 2. The number of alkyl halides is 3. The minimum atomic E-state index is -1.59. The summed E-state index contributed by atoms with van der Waals surface area (Å²) in [6.07, 6.45) is -0.358. The molecule has 2 atom stereocenters. The average Bonchev–Trinajstić information content (AvgIpc) is 2.46. The highest BCUT2D eigenvalue weighted by molar-refractivity contribution is 6.67. The number of hydrogen-bond donors (Lipinski definition) is 2. The van der Waals surface area contributed by atoms with Crippen LogP contribution in [0.4, 0.5) is 4.79 Å². The van der Waals surface area contributed by atoms with E-state index in [1.807, 2.05) is 13.8 Å². The standard InChI is InChI=1S/C17H29Cl3N2O5/c1-10(2)9-12(14(24)26-6)21-13(23)11(7-8-17(18,19)20)22-15(25)27-16(3,4)5/h10-12H,7-9H2,1-6H3,(H,21,23)(H,22,25)/t11-,12?/m1/s1. The van der Waals surface area contributed by atoms with E-state index in [1.54, 1.807) is 20.8 Å². The molecular weight excluding hydrogens is 419 g/mol. The number of rotatable bonds is 8. The van der Waals surface area contributed by atoms with Gasteiger partial charge in [-0.15, -0.1) is 0 Å². The third-order valence-corrected chi connectivity index (χ3v) is 3.80. The Morgan fingerprint density at radius 3 is 1.96 bits per heavy atom. The molecule has 0 aliphatic rings. The van der Waals surface area contributed by atoms with Gasteiger partial charge in [0, 0.05) is 0 Å². The lowest BCUT2D eigenvalue weighted by Gasteiger charge is -2.26. The SMILES string of the molecule is COC(=O)C(CC(C)C)NC(=O)[C@@H](CCC(Cl)(Cl)Cl)NC(=O)OC(C)(C)C. The molecule has 2 amide bonds. The number of hydrogen-bond acceptors (Lipinski definition) is 5. The minimum Gasteiger partial charge on any atom is -0.467 e. The van der Waals surface area contributed by atoms with Crippen molar-refractivity contribution in [3.63, 3.8) is 0 Å². The Bertz CT molecular complexity index is 516. The zero-order valence-corrected chi connectivity index (χ0v) is 18.8. The molecule has 0 aromatic carbocycles. The van der Waals surface area contributed by atoms with Gasteiger partial charge in [0.05, 0.1) is 7.11 Å². The molecule has 0 aromatic heterocycles. The van der Waals surface area contributed by atoms with Crippen molar-refractivity contribution < 1.29 is 23.9 Å². The first-order chi connectivity index (χ1) is 12.1. The molecule has 27 heavy (non-hydrogen) atoms. The highest BCUT2D eigenvalue weighted by atomic mass is 35.6. The molecule has 0 rings (SSSR count). The Morgan fingerprint density at radius 1 is 1.00 bits per heavy atom. The quantitative estimate of drug-likeness (QED) is 0.437. The van der Waals surface area contributed by atoms with Crippen LogP contribution in [0.5, 0.6) is 0 Å². The van der Waals surface area contributed by atoms with E-state index in [4.69, 9.17) is 44.3 Å². The van der Waals surface area contributed by atoms with Crippen molar-refractivity contribution in [3.8, 4) is 0 Å². The molecule has 0 aliphatic carbocycles. The van der Waals surface area contributed by atoms with Gasteiger partial charge in [-0.3, -0.25) is 4.79 Å². The molecule has 0 spiro atoms. The van der Waals surface area contributed by atoms with Crippen LogP contribution in [0.15, 0.2) is 0 Å². The summed E-state index contributed by atoms with van der Waals surface area (Å²) in [5.74, 6) is -1.03. The average molecular weight is 448 g/mol. The van der Waals surface area contributed by atoms with Gasteiger partial charge in [0.25, 0.3) is 0 Å². The molecule has 0 radical (unpaired) electrons. The second kappa shape index (κ2) is 11.2. The van der Waals surface area contributed by atoms with Gasteiger partial charge in [0.1, 0.15) is 17.7 Å². The molecule has 2 N–H and O–H groups in total. The van der Waals surface area contributed by atoms with E-state index in [0.29, 0.717) is 6.42 Å². The van der Waals surface area contributed by atoms with Crippen LogP contribution in [0.2, 0.25) is 0 Å². The van der Waals surface area contributed by atoms with Crippen LogP contribution in [0.3, 0.4) is 0 Å². The van der Waals surface area contributed by atoms with E-state index in [-0.39, 0.29) is 18.8 Å². The maximum atomic E-state index is 12.7. The fraction of sp³-hybridized carbons (Fsp3) is 0.824. The second-order valence-electron chi connectivity index (χ2n) is 7.57. The first-order valence-electron chi connectivity index (χ1n) is 8.59. The van der Waals surface area contributed by atoms with E-state index in [9.17, 15) is 14.4 Å². The predicted octanol–water partition coefficient (Wildman–Crippen LogP) is 3.73. The van der Waals surface area contributed by atoms with Crippen molar-refractivity contribution in [2.75, 3.05) is 7.11 Å². The summed E-state index contributed by atoms with van der Waals surface area (Å²) in [6.45, 7) is 8.89. The van der Waals surface area contributed by atoms with Gasteiger partial charge >= 0.3 is 12.1 Å². The Kier molecular flexibility index (Phi) is 10.8. The Labute approximate surface area is 175 Å². The number of nitrogens with one attached hydrogen (secondary N) is 2. The maximum Gasteiger partial charge on any atom is 0.408 e. The van der Waals surface area contributed by atoms with E-state index in [1.165, 1.54) is 7.11 Å². The van der Waals surface area contributed by atoms with Crippen molar-refractivity contribution in [2.45, 2.75) is 75.4 Å². The molecule has 0 saturated heterocycles. The van der Waals surface area contributed by atoms with Gasteiger partial charge < -0.3 is 20.1 Å². The number of carbonyl (C=O) groups is 3. The number of alkyl carbamates (subject to hydrolysis) is 1. The van der Waals surface area contributed by atoms with Gasteiger partial charge in [0.15, 0.2) is 3.79 Å². The lowest BCUT2D eigenvalue weighted by Crippen LogP contribution is -2.53. The lowest BCUT2D eigenvalue weighted by atomic mass is 10.0. The summed E-state index contributed by atoms with van der Waals surface area (Å²) >= 11 is 17.3. The maximum absolute atomic E-state index is 12.7. The highest BCUT2D eigenvalue weighted by Crippen LogP contribution is 2.31. The Balaban J connectivity index is 5.22. The number of methoxy groups -OCH3 is 1. The van der Waals surface area contributed by atoms with E-state index < -0.39 is 39.4 Å². The first kappa shape index (κ1) is 26.1. The van der Waals surface area contributed by atoms with Crippen LogP contribution >= 0.6 is 34.8 Å². The molecule has 10 heteroatoms. The van der Waals surface area contributed by atoms with Crippen LogP contribution in [0, 0.1) is 5.92 Å². The van der Waals surface area contributed by atoms with Gasteiger partial charge in [-0.05, 0) is 46.0 Å². The van der Waals surface area contributed by atoms with E-state index in [2.05, 4.69) is 10.6 Å². The van der Waals surface area contributed by atoms with Crippen LogP contribution in [-0.4, -0.2) is 46.6 Å². The molecule has 0 saturated carbocycles. The van der Waals surface area contributed by atoms with Crippen LogP contribution in [-0.2, 0) is 19.1 Å². The summed E-state index contributed by atoms with van der Waals surface area (Å²) in [5.41, 5.74) is -0.744. The third kappa shape index (κ3) is 13.0. The fourth-order valence-corrected chi connectivity index (χ4v) is 2.45. The zero-order chi connectivity index (χ0) is 21.4. The zero-order valence-electron chi connectivity index (χ0n) is 16.5. The smallest absolute Gasteiger partial charge is 0.408 e. The molecule has 0 aliphatic heterocycles. The largest absolute Gasteiger partial charge is 0.467 e. The van der Waals surface area contributed by atoms with Crippen molar-refractivity contribution in [1.82, 2.24) is 10.6 Å². The van der Waals surface area contributed by atoms with E-state index in [0.717, 1.165) is 0 Å². The molecule has 0 fully saturated rings. The number of esters is 1. The normalized spacial score (nSPS) is 14.3. The van der Waals surface area contributed by atoms with Crippen LogP contribution in [0.1, 0.15) is 53.9 Å². The van der Waals surface area contributed by atoms with Crippen LogP contribution in [0.25, 0.3) is 0 Å².